The summed E-state index contributed by atoms with van der Waals surface area (Å²) in [4.78, 5) is 56.0. The molecule has 0 spiro atoms. The Morgan fingerprint density at radius 1 is 1.02 bits per heavy atom. The molecule has 2 aromatic rings. The Morgan fingerprint density at radius 3 is 2.00 bits per heavy atom. The van der Waals surface area contributed by atoms with E-state index in [4.69, 9.17) is 26.5 Å². The fraction of sp³-hybridized carbons (Fsp3) is 0.240. The number of allylic oxidation sites excluding steroid dienone is 1. The molecule has 1 aliphatic rings. The number of anilines is 1. The third-order valence-corrected chi connectivity index (χ3v) is 6.14. The third-order valence-electron chi connectivity index (χ3n) is 4.79. The third kappa shape index (κ3) is 10.8. The Kier molecular flexibility index (Phi) is 12.9. The van der Waals surface area contributed by atoms with E-state index in [-0.39, 0.29) is 11.7 Å². The van der Waals surface area contributed by atoms with E-state index in [0.717, 1.165) is 23.1 Å². The van der Waals surface area contributed by atoms with E-state index in [9.17, 15) is 32.3 Å². The van der Waals surface area contributed by atoms with Crippen LogP contribution in [0.5, 0.6) is 0 Å². The Bertz CT molecular complexity index is 1270. The Labute approximate surface area is 231 Å². The van der Waals surface area contributed by atoms with Crippen molar-refractivity contribution in [2.24, 2.45) is 11.5 Å². The molecule has 0 atom stereocenters. The van der Waals surface area contributed by atoms with Crippen molar-refractivity contribution in [3.8, 4) is 0 Å². The summed E-state index contributed by atoms with van der Waals surface area (Å²) in [6.07, 6.45) is -5.08. The van der Waals surface area contributed by atoms with Gasteiger partial charge in [-0.1, -0.05) is 30.3 Å². The molecule has 0 radical (unpaired) electrons. The minimum absolute atomic E-state index is 0.0127. The molecule has 0 saturated carbocycles. The van der Waals surface area contributed by atoms with Crippen molar-refractivity contribution in [2.45, 2.75) is 26.6 Å². The molecule has 0 aliphatic carbocycles. The fourth-order valence-electron chi connectivity index (χ4n) is 3.01. The van der Waals surface area contributed by atoms with Crippen LogP contribution in [0.15, 0.2) is 65.1 Å². The minimum Gasteiger partial charge on any atom is -0.480 e. The van der Waals surface area contributed by atoms with Gasteiger partial charge in [-0.3, -0.25) is 23.6 Å². The molecule has 3 rings (SSSR count). The number of benzene rings is 2. The highest BCUT2D eigenvalue weighted by atomic mass is 32.2. The number of Topliss-reactive ketones (excluding diaryl/α,β-unsaturated/α-hetero) is 1. The first-order chi connectivity index (χ1) is 18.6. The number of amides is 3. The summed E-state index contributed by atoms with van der Waals surface area (Å²) < 4.78 is 33.1. The molecule has 0 aromatic heterocycles. The molecular weight excluding hydrogens is 557 g/mol. The first-order valence-corrected chi connectivity index (χ1v) is 12.0. The molecule has 40 heavy (non-hydrogen) atoms. The second-order valence-corrected chi connectivity index (χ2v) is 8.99. The van der Waals surface area contributed by atoms with E-state index in [2.05, 4.69) is 0 Å². The summed E-state index contributed by atoms with van der Waals surface area (Å²) in [5.41, 5.74) is 13.3. The van der Waals surface area contributed by atoms with E-state index >= 15 is 0 Å². The van der Waals surface area contributed by atoms with Gasteiger partial charge in [0.1, 0.15) is 6.54 Å². The zero-order chi connectivity index (χ0) is 30.6. The number of aliphatic carboxylic acids is 2. The van der Waals surface area contributed by atoms with Crippen LogP contribution in [0.4, 0.5) is 23.7 Å². The normalized spacial score (nSPS) is 12.4. The number of hydrogen-bond donors (Lipinski definition) is 4. The second kappa shape index (κ2) is 15.3. The lowest BCUT2D eigenvalue weighted by molar-refractivity contribution is -0.192. The van der Waals surface area contributed by atoms with Gasteiger partial charge in [0.25, 0.3) is 5.91 Å². The predicted octanol–water partition coefficient (Wildman–Crippen LogP) is 3.40. The van der Waals surface area contributed by atoms with Gasteiger partial charge in [0.05, 0.1) is 11.4 Å². The van der Waals surface area contributed by atoms with E-state index in [1.54, 1.807) is 42.5 Å². The zero-order valence-corrected chi connectivity index (χ0v) is 22.2. The summed E-state index contributed by atoms with van der Waals surface area (Å²) in [6.45, 7) is 3.69. The number of alkyl halides is 3. The van der Waals surface area contributed by atoms with Crippen LogP contribution in [0.3, 0.4) is 0 Å². The van der Waals surface area contributed by atoms with Crippen molar-refractivity contribution >= 4 is 47.3 Å². The monoisotopic (exact) mass is 584 g/mol. The highest BCUT2D eigenvalue weighted by Gasteiger charge is 2.38. The maximum Gasteiger partial charge on any atom is 0.490 e. The molecule has 6 N–H and O–H groups in total. The van der Waals surface area contributed by atoms with Crippen LogP contribution in [-0.4, -0.2) is 63.4 Å². The van der Waals surface area contributed by atoms with Gasteiger partial charge in [0.15, 0.2) is 5.78 Å². The zero-order valence-electron chi connectivity index (χ0n) is 21.3. The van der Waals surface area contributed by atoms with Gasteiger partial charge in [-0.2, -0.15) is 13.2 Å². The number of ketones is 1. The smallest absolute Gasteiger partial charge is 0.480 e. The van der Waals surface area contributed by atoms with Gasteiger partial charge in [0.2, 0.25) is 0 Å². The predicted molar refractivity (Wildman–Crippen MR) is 141 cm³/mol. The van der Waals surface area contributed by atoms with E-state index in [1.165, 1.54) is 16.1 Å². The van der Waals surface area contributed by atoms with Gasteiger partial charge >= 0.3 is 24.1 Å². The van der Waals surface area contributed by atoms with Gasteiger partial charge in [-0.25, -0.2) is 9.59 Å². The molecule has 0 unspecified atom stereocenters. The van der Waals surface area contributed by atoms with Crippen LogP contribution in [0.1, 0.15) is 29.8 Å². The maximum atomic E-state index is 12.6. The van der Waals surface area contributed by atoms with Gasteiger partial charge in [-0.05, 0) is 61.2 Å². The summed E-state index contributed by atoms with van der Waals surface area (Å²) in [5, 5.41) is 16.2. The van der Waals surface area contributed by atoms with Gasteiger partial charge < -0.3 is 21.7 Å². The topological polar surface area (TPSA) is 184 Å². The molecule has 11 nitrogen and oxygen atoms in total. The number of carboxylic acid groups (broad SMARTS) is 2. The highest BCUT2D eigenvalue weighted by Crippen LogP contribution is 2.32. The summed E-state index contributed by atoms with van der Waals surface area (Å²) in [5.74, 6) is -4.20. The van der Waals surface area contributed by atoms with Crippen molar-refractivity contribution in [1.82, 2.24) is 4.31 Å². The van der Waals surface area contributed by atoms with E-state index in [1.807, 2.05) is 19.1 Å². The first kappa shape index (κ1) is 33.7. The van der Waals surface area contributed by atoms with Crippen molar-refractivity contribution in [2.75, 3.05) is 18.0 Å². The fourth-order valence-corrected chi connectivity index (χ4v) is 3.92. The lowest BCUT2D eigenvalue weighted by Crippen LogP contribution is -2.35. The molecule has 216 valence electrons. The molecule has 0 fully saturated rings. The van der Waals surface area contributed by atoms with Crippen LogP contribution in [-0.2, 0) is 20.9 Å². The van der Waals surface area contributed by atoms with Gasteiger partial charge in [-0.15, -0.1) is 0 Å². The lowest BCUT2D eigenvalue weighted by atomic mass is 10.1. The Morgan fingerprint density at radius 2 is 1.60 bits per heavy atom. The number of halogens is 3. The summed E-state index contributed by atoms with van der Waals surface area (Å²) >= 11 is 1.12. The van der Waals surface area contributed by atoms with E-state index < -0.39 is 30.7 Å². The molecule has 2 aromatic carbocycles. The average molecular weight is 585 g/mol. The number of carbonyl (C=O) groups excluding carboxylic acids is 3. The maximum absolute atomic E-state index is 12.6. The number of carbonyl (C=O) groups is 5. The Balaban J connectivity index is 0.000000354. The highest BCUT2D eigenvalue weighted by molar-refractivity contribution is 8.02. The molecule has 1 aliphatic heterocycles. The number of para-hydroxylation sites is 1. The Hall–Kier alpha value is -4.37. The molecule has 1 heterocycles. The van der Waals surface area contributed by atoms with Crippen LogP contribution in [0, 0.1) is 0 Å². The molecule has 0 bridgehead atoms. The summed E-state index contributed by atoms with van der Waals surface area (Å²) in [7, 11) is 0. The van der Waals surface area contributed by atoms with Gasteiger partial charge in [0, 0.05) is 17.8 Å². The first-order valence-electron chi connectivity index (χ1n) is 11.2. The van der Waals surface area contributed by atoms with Crippen molar-refractivity contribution in [3.05, 3.63) is 76.2 Å². The molecule has 15 heteroatoms. The number of hydrogen-bond acceptors (Lipinski definition) is 7. The van der Waals surface area contributed by atoms with E-state index in [0.29, 0.717) is 29.2 Å². The standard InChI is InChI=1S/C16H16N2O3.C7H10N2O2S.C2HF3O2/c17-10-12-5-4-6-13(9-12)16(21)18(11-15(19)20)14-7-2-1-3-8-14;1-4-3-9(7(8)11)12-6(4)5(2)10;3-2(4,5)1(6)7/h1-9H,10-11,17H2,(H,19,20);3H2,1-2H3,(H2,8,11);(H,6,7). The SMILES string of the molecule is CC(=O)C1=C(C)CN(C(N)=O)S1.NCc1cccc(C(=O)N(CC(=O)O)c2ccccc2)c1.O=C(O)C(F)(F)F. The van der Waals surface area contributed by atoms with Crippen LogP contribution >= 0.6 is 11.9 Å². The van der Waals surface area contributed by atoms with Crippen LogP contribution in [0.2, 0.25) is 0 Å². The summed E-state index contributed by atoms with van der Waals surface area (Å²) in [6, 6.07) is 15.1. The molecule has 3 amide bonds. The van der Waals surface area contributed by atoms with Crippen molar-refractivity contribution in [1.29, 1.82) is 0 Å². The number of nitrogens with two attached hydrogens (primary N) is 2. The van der Waals surface area contributed by atoms with Crippen molar-refractivity contribution < 1.29 is 47.4 Å². The molecule has 0 saturated heterocycles. The van der Waals surface area contributed by atoms with Crippen LogP contribution in [0.25, 0.3) is 0 Å². The second-order valence-electron chi connectivity index (χ2n) is 7.96. The van der Waals surface area contributed by atoms with Crippen molar-refractivity contribution in [3.63, 3.8) is 0 Å². The van der Waals surface area contributed by atoms with Crippen LogP contribution < -0.4 is 16.4 Å². The number of rotatable bonds is 6. The largest absolute Gasteiger partial charge is 0.490 e. The minimum atomic E-state index is -5.08. The number of primary amides is 1. The number of urea groups is 1. The lowest BCUT2D eigenvalue weighted by Gasteiger charge is -2.21. The molecular formula is C25H27F3N4O7S. The number of carboxylic acids is 2. The quantitative estimate of drug-likeness (QED) is 0.370. The average Bonchev–Trinajstić information content (AvgIpc) is 3.30. The number of nitrogens with zero attached hydrogens (tertiary/aromatic N) is 2.